The van der Waals surface area contributed by atoms with Crippen LogP contribution in [-0.4, -0.2) is 39.5 Å². The fourth-order valence-corrected chi connectivity index (χ4v) is 5.13. The van der Waals surface area contributed by atoms with Crippen molar-refractivity contribution in [3.63, 3.8) is 0 Å². The van der Waals surface area contributed by atoms with Crippen molar-refractivity contribution in [1.29, 1.82) is 0 Å². The number of methoxy groups -OCH3 is 2. The zero-order valence-corrected chi connectivity index (χ0v) is 21.4. The van der Waals surface area contributed by atoms with Crippen molar-refractivity contribution in [2.24, 2.45) is 0 Å². The molecule has 0 atom stereocenters. The fourth-order valence-electron chi connectivity index (χ4n) is 3.91. The topological polar surface area (TPSA) is 112 Å². The number of amides is 1. The van der Waals surface area contributed by atoms with Gasteiger partial charge in [-0.3, -0.25) is 4.79 Å². The number of carbonyl (C=O) groups is 2. The molecular weight excluding hydrogens is 487 g/mol. The number of nitrogens with zero attached hydrogens (tertiary/aromatic N) is 1. The lowest BCUT2D eigenvalue weighted by molar-refractivity contribution is -0.118. The first-order valence-corrected chi connectivity index (χ1v) is 12.5. The summed E-state index contributed by atoms with van der Waals surface area (Å²) in [5.74, 6) is -1.71. The monoisotopic (exact) mass is 514 g/mol. The van der Waals surface area contributed by atoms with Gasteiger partial charge in [-0.25, -0.2) is 27.3 Å². The molecule has 0 fully saturated rings. The van der Waals surface area contributed by atoms with E-state index in [2.05, 4.69) is 14.4 Å². The van der Waals surface area contributed by atoms with Gasteiger partial charge in [0, 0.05) is 12.3 Å². The number of esters is 1. The number of aromatic nitrogens is 1. The van der Waals surface area contributed by atoms with Crippen LogP contribution in [0.3, 0.4) is 0 Å². The van der Waals surface area contributed by atoms with E-state index in [-0.39, 0.29) is 28.4 Å². The third-order valence-corrected chi connectivity index (χ3v) is 7.13. The average Bonchev–Trinajstić information content (AvgIpc) is 2.83. The minimum atomic E-state index is -4.24. The summed E-state index contributed by atoms with van der Waals surface area (Å²) in [7, 11) is -1.57. The van der Waals surface area contributed by atoms with Crippen LogP contribution >= 0.6 is 0 Å². The smallest absolute Gasteiger partial charge is 0.337 e. The molecule has 0 aliphatic rings. The summed E-state index contributed by atoms with van der Waals surface area (Å²) in [5.41, 5.74) is 2.53. The zero-order chi connectivity index (χ0) is 26.6. The highest BCUT2D eigenvalue weighted by Crippen LogP contribution is 2.33. The molecule has 8 nitrogen and oxygen atoms in total. The summed E-state index contributed by atoms with van der Waals surface area (Å²) < 4.78 is 52.4. The van der Waals surface area contributed by atoms with Gasteiger partial charge in [-0.15, -0.1) is 0 Å². The van der Waals surface area contributed by atoms with Crippen LogP contribution in [0.2, 0.25) is 0 Å². The molecule has 0 aliphatic carbocycles. The van der Waals surface area contributed by atoms with Crippen LogP contribution in [0.15, 0.2) is 53.6 Å². The Kier molecular flexibility index (Phi) is 8.09. The Bertz CT molecular complexity index is 1420. The second-order valence-electron chi connectivity index (χ2n) is 8.44. The highest BCUT2D eigenvalue weighted by molar-refractivity contribution is 7.90. The Balaban J connectivity index is 1.98. The lowest BCUT2D eigenvalue weighted by Crippen LogP contribution is -2.32. The van der Waals surface area contributed by atoms with E-state index in [1.54, 1.807) is 12.1 Å². The SMILES string of the molecule is COC(=O)c1ccc(S(=O)(=O)NC(=O)Cc2c(-c3ccnc(OC)c3)cc(F)cc2C(C)C)c(C)c1. The van der Waals surface area contributed by atoms with Crippen molar-refractivity contribution in [3.8, 4) is 17.0 Å². The molecule has 1 N–H and O–H groups in total. The van der Waals surface area contributed by atoms with E-state index < -0.39 is 27.7 Å². The van der Waals surface area contributed by atoms with E-state index >= 15 is 0 Å². The van der Waals surface area contributed by atoms with Gasteiger partial charge in [0.25, 0.3) is 10.0 Å². The van der Waals surface area contributed by atoms with E-state index in [4.69, 9.17) is 4.74 Å². The molecule has 3 rings (SSSR count). The number of rotatable bonds is 8. The van der Waals surface area contributed by atoms with Crippen LogP contribution in [0.4, 0.5) is 4.39 Å². The molecule has 0 aliphatic heterocycles. The van der Waals surface area contributed by atoms with Crippen molar-refractivity contribution in [3.05, 3.63) is 76.7 Å². The number of hydrogen-bond acceptors (Lipinski definition) is 7. The lowest BCUT2D eigenvalue weighted by atomic mass is 9.88. The molecule has 0 saturated heterocycles. The molecule has 0 bridgehead atoms. The second kappa shape index (κ2) is 10.9. The van der Waals surface area contributed by atoms with Crippen molar-refractivity contribution in [1.82, 2.24) is 9.71 Å². The van der Waals surface area contributed by atoms with E-state index in [1.165, 1.54) is 57.7 Å². The van der Waals surface area contributed by atoms with Crippen molar-refractivity contribution in [2.75, 3.05) is 14.2 Å². The van der Waals surface area contributed by atoms with Gasteiger partial charge in [-0.1, -0.05) is 13.8 Å². The maximum absolute atomic E-state index is 14.5. The van der Waals surface area contributed by atoms with Gasteiger partial charge in [-0.2, -0.15) is 0 Å². The number of aryl methyl sites for hydroxylation is 1. The van der Waals surface area contributed by atoms with Gasteiger partial charge in [0.2, 0.25) is 11.8 Å². The fraction of sp³-hybridized carbons (Fsp3) is 0.269. The standard InChI is InChI=1S/C26H27FN2O6S/c1-15(2)20-12-19(27)13-21(17-8-9-28-25(11-17)34-4)22(20)14-24(30)29-36(32,33)23-7-6-18(10-16(23)3)26(31)35-5/h6-13,15H,14H2,1-5H3,(H,29,30). The first-order valence-electron chi connectivity index (χ1n) is 11.0. The normalized spacial score (nSPS) is 11.3. The number of ether oxygens (including phenoxy) is 2. The van der Waals surface area contributed by atoms with Crippen molar-refractivity contribution >= 4 is 21.9 Å². The molecule has 0 saturated carbocycles. The number of sulfonamides is 1. The first-order chi connectivity index (χ1) is 17.0. The van der Waals surface area contributed by atoms with E-state index in [1.807, 2.05) is 13.8 Å². The number of nitrogens with one attached hydrogen (secondary N) is 1. The van der Waals surface area contributed by atoms with Gasteiger partial charge in [0.1, 0.15) is 5.82 Å². The molecular formula is C26H27FN2O6S. The summed E-state index contributed by atoms with van der Waals surface area (Å²) >= 11 is 0. The predicted molar refractivity (Wildman–Crippen MR) is 132 cm³/mol. The van der Waals surface area contributed by atoms with Crippen LogP contribution in [0.1, 0.15) is 46.8 Å². The number of hydrogen-bond donors (Lipinski definition) is 1. The predicted octanol–water partition coefficient (Wildman–Crippen LogP) is 4.16. The summed E-state index contributed by atoms with van der Waals surface area (Å²) in [6, 6.07) is 9.84. The van der Waals surface area contributed by atoms with Crippen molar-refractivity contribution < 1.29 is 31.9 Å². The Labute approximate surface area is 209 Å². The largest absolute Gasteiger partial charge is 0.481 e. The van der Waals surface area contributed by atoms with Crippen molar-refractivity contribution in [2.45, 2.75) is 38.0 Å². The molecule has 36 heavy (non-hydrogen) atoms. The van der Waals surface area contributed by atoms with Crippen LogP contribution < -0.4 is 9.46 Å². The Morgan fingerprint density at radius 1 is 1.08 bits per heavy atom. The molecule has 1 heterocycles. The third-order valence-electron chi connectivity index (χ3n) is 5.60. The molecule has 0 radical (unpaired) electrons. The highest BCUT2D eigenvalue weighted by atomic mass is 32.2. The summed E-state index contributed by atoms with van der Waals surface area (Å²) in [6.45, 7) is 5.23. The van der Waals surface area contributed by atoms with Crippen LogP contribution in [0, 0.1) is 12.7 Å². The molecule has 0 spiro atoms. The minimum absolute atomic E-state index is 0.143. The Hall–Kier alpha value is -3.79. The number of benzene rings is 2. The molecule has 1 amide bonds. The number of carbonyl (C=O) groups excluding carboxylic acids is 2. The second-order valence-corrected chi connectivity index (χ2v) is 10.1. The van der Waals surface area contributed by atoms with Gasteiger partial charge < -0.3 is 9.47 Å². The van der Waals surface area contributed by atoms with Crippen LogP contribution in [0.25, 0.3) is 11.1 Å². The maximum Gasteiger partial charge on any atom is 0.337 e. The molecule has 190 valence electrons. The number of pyridine rings is 1. The van der Waals surface area contributed by atoms with Crippen LogP contribution in [0.5, 0.6) is 5.88 Å². The average molecular weight is 515 g/mol. The minimum Gasteiger partial charge on any atom is -0.481 e. The molecule has 0 unspecified atom stereocenters. The van der Waals surface area contributed by atoms with Gasteiger partial charge >= 0.3 is 5.97 Å². The number of halogens is 1. The summed E-state index contributed by atoms with van der Waals surface area (Å²) in [6.07, 6.45) is 1.19. The molecule has 2 aromatic carbocycles. The summed E-state index contributed by atoms with van der Waals surface area (Å²) in [4.78, 5) is 28.6. The maximum atomic E-state index is 14.5. The van der Waals surface area contributed by atoms with Gasteiger partial charge in [0.15, 0.2) is 0 Å². The van der Waals surface area contributed by atoms with E-state index in [0.29, 0.717) is 28.1 Å². The molecule has 3 aromatic rings. The van der Waals surface area contributed by atoms with Gasteiger partial charge in [-0.05, 0) is 77.1 Å². The molecule has 1 aromatic heterocycles. The highest BCUT2D eigenvalue weighted by Gasteiger charge is 2.24. The quantitative estimate of drug-likeness (QED) is 0.449. The zero-order valence-electron chi connectivity index (χ0n) is 20.6. The Morgan fingerprint density at radius 3 is 2.42 bits per heavy atom. The van der Waals surface area contributed by atoms with Gasteiger partial charge in [0.05, 0.1) is 31.1 Å². The lowest BCUT2D eigenvalue weighted by Gasteiger charge is -2.18. The van der Waals surface area contributed by atoms with Crippen LogP contribution in [-0.2, 0) is 26.0 Å². The van der Waals surface area contributed by atoms with E-state index in [9.17, 15) is 22.4 Å². The third kappa shape index (κ3) is 5.88. The molecule has 10 heteroatoms. The Morgan fingerprint density at radius 2 is 1.81 bits per heavy atom. The first kappa shape index (κ1) is 26.8. The summed E-state index contributed by atoms with van der Waals surface area (Å²) in [5, 5.41) is 0. The van der Waals surface area contributed by atoms with E-state index in [0.717, 1.165) is 0 Å².